The Morgan fingerprint density at radius 3 is 2.33 bits per heavy atom. The summed E-state index contributed by atoms with van der Waals surface area (Å²) in [5.41, 5.74) is 0.804. The summed E-state index contributed by atoms with van der Waals surface area (Å²) < 4.78 is 25.5. The molecule has 1 aromatic carbocycles. The Morgan fingerprint density at radius 1 is 1.40 bits per heavy atom. The van der Waals surface area contributed by atoms with E-state index in [9.17, 15) is 13.6 Å². The molecule has 0 heterocycles. The molecule has 15 heavy (non-hydrogen) atoms. The largest absolute Gasteiger partial charge is 0.477 e. The van der Waals surface area contributed by atoms with Gasteiger partial charge in [0.15, 0.2) is 0 Å². The van der Waals surface area contributed by atoms with Gasteiger partial charge in [-0.2, -0.15) is 8.78 Å². The Kier molecular flexibility index (Phi) is 3.05. The molecule has 0 saturated heterocycles. The van der Waals surface area contributed by atoms with Crippen molar-refractivity contribution in [1.29, 1.82) is 0 Å². The number of halogens is 2. The molecule has 0 atom stereocenters. The number of hydrogen-bond donors (Lipinski definition) is 1. The van der Waals surface area contributed by atoms with Gasteiger partial charge in [-0.25, -0.2) is 4.79 Å². The van der Waals surface area contributed by atoms with E-state index in [0.717, 1.165) is 0 Å². The van der Waals surface area contributed by atoms with Crippen LogP contribution in [0.15, 0.2) is 24.3 Å². The molecule has 78 valence electrons. The highest BCUT2D eigenvalue weighted by molar-refractivity contribution is 5.75. The minimum absolute atomic E-state index is 0.237. The maximum Gasteiger partial charge on any atom is 0.374 e. The third kappa shape index (κ3) is 2.78. The van der Waals surface area contributed by atoms with Crippen molar-refractivity contribution in [3.8, 4) is 12.3 Å². The van der Waals surface area contributed by atoms with E-state index in [0.29, 0.717) is 5.56 Å². The second-order valence-corrected chi connectivity index (χ2v) is 3.03. The third-order valence-corrected chi connectivity index (χ3v) is 1.86. The van der Waals surface area contributed by atoms with Crippen LogP contribution in [0.2, 0.25) is 0 Å². The summed E-state index contributed by atoms with van der Waals surface area (Å²) in [5.74, 6) is -3.52. The smallest absolute Gasteiger partial charge is 0.374 e. The molecule has 0 unspecified atom stereocenters. The highest BCUT2D eigenvalue weighted by atomic mass is 19.3. The van der Waals surface area contributed by atoms with Crippen molar-refractivity contribution in [3.63, 3.8) is 0 Å². The monoisotopic (exact) mass is 210 g/mol. The fourth-order valence-electron chi connectivity index (χ4n) is 1.05. The van der Waals surface area contributed by atoms with E-state index >= 15 is 0 Å². The molecule has 1 N–H and O–H groups in total. The molecule has 0 bridgehead atoms. The highest BCUT2D eigenvalue weighted by Gasteiger charge is 2.38. The van der Waals surface area contributed by atoms with Crippen LogP contribution in [0.25, 0.3) is 0 Å². The number of rotatable bonds is 3. The minimum atomic E-state index is -3.74. The van der Waals surface area contributed by atoms with Gasteiger partial charge in [-0.1, -0.05) is 18.1 Å². The summed E-state index contributed by atoms with van der Waals surface area (Å²) in [7, 11) is 0. The van der Waals surface area contributed by atoms with E-state index in [4.69, 9.17) is 11.5 Å². The summed E-state index contributed by atoms with van der Waals surface area (Å²) in [6, 6.07) is 5.78. The van der Waals surface area contributed by atoms with Gasteiger partial charge < -0.3 is 5.11 Å². The average molecular weight is 210 g/mol. The van der Waals surface area contributed by atoms with Gasteiger partial charge in [-0.05, 0) is 17.7 Å². The van der Waals surface area contributed by atoms with E-state index < -0.39 is 18.3 Å². The van der Waals surface area contributed by atoms with Crippen molar-refractivity contribution < 1.29 is 18.7 Å². The maximum absolute atomic E-state index is 12.8. The first kappa shape index (κ1) is 11.2. The van der Waals surface area contributed by atoms with Gasteiger partial charge >= 0.3 is 11.9 Å². The molecule has 1 rings (SSSR count). The standard InChI is InChI=1S/C11H8F2O2/c1-2-8-3-5-9(6-4-8)7-11(12,13)10(14)15/h1,3-6H,7H2,(H,14,15). The molecular formula is C11H8F2O2. The van der Waals surface area contributed by atoms with Gasteiger partial charge in [0.1, 0.15) is 0 Å². The fraction of sp³-hybridized carbons (Fsp3) is 0.182. The Balaban J connectivity index is 2.83. The minimum Gasteiger partial charge on any atom is -0.477 e. The molecule has 0 aliphatic rings. The third-order valence-electron chi connectivity index (χ3n) is 1.86. The van der Waals surface area contributed by atoms with Gasteiger partial charge in [0.2, 0.25) is 0 Å². The number of alkyl halides is 2. The quantitative estimate of drug-likeness (QED) is 0.774. The van der Waals surface area contributed by atoms with Crippen LogP contribution in [0.3, 0.4) is 0 Å². The molecule has 0 saturated carbocycles. The zero-order valence-corrected chi connectivity index (χ0v) is 7.71. The van der Waals surface area contributed by atoms with Crippen LogP contribution >= 0.6 is 0 Å². The summed E-state index contributed by atoms with van der Waals surface area (Å²) in [5, 5.41) is 8.22. The van der Waals surface area contributed by atoms with Gasteiger partial charge in [-0.3, -0.25) is 0 Å². The number of carboxylic acids is 1. The molecule has 0 amide bonds. The number of carboxylic acid groups (broad SMARTS) is 1. The average Bonchev–Trinajstić information content (AvgIpc) is 2.18. The number of hydrogen-bond acceptors (Lipinski definition) is 1. The predicted octanol–water partition coefficient (Wildman–Crippen LogP) is 1.93. The SMILES string of the molecule is C#Cc1ccc(CC(F)(F)C(=O)O)cc1. The van der Waals surface area contributed by atoms with Crippen molar-refractivity contribution in [2.75, 3.05) is 0 Å². The van der Waals surface area contributed by atoms with Crippen molar-refractivity contribution in [2.24, 2.45) is 0 Å². The number of aliphatic carboxylic acids is 1. The van der Waals surface area contributed by atoms with E-state index in [1.165, 1.54) is 24.3 Å². The Hall–Kier alpha value is -1.89. The lowest BCUT2D eigenvalue weighted by Gasteiger charge is -2.10. The molecule has 2 nitrogen and oxygen atoms in total. The van der Waals surface area contributed by atoms with Crippen molar-refractivity contribution in [2.45, 2.75) is 12.3 Å². The molecule has 0 aliphatic carbocycles. The highest BCUT2D eigenvalue weighted by Crippen LogP contribution is 2.20. The summed E-state index contributed by atoms with van der Waals surface area (Å²) in [4.78, 5) is 10.2. The second-order valence-electron chi connectivity index (χ2n) is 3.03. The Morgan fingerprint density at radius 2 is 1.93 bits per heavy atom. The molecular weight excluding hydrogens is 202 g/mol. The molecule has 0 aromatic heterocycles. The lowest BCUT2D eigenvalue weighted by Crippen LogP contribution is -2.30. The van der Waals surface area contributed by atoms with Crippen molar-refractivity contribution in [3.05, 3.63) is 35.4 Å². The first-order valence-electron chi connectivity index (χ1n) is 4.12. The molecule has 0 fully saturated rings. The van der Waals surface area contributed by atoms with Gasteiger partial charge in [0.05, 0.1) is 0 Å². The van der Waals surface area contributed by atoms with Crippen LogP contribution in [-0.4, -0.2) is 17.0 Å². The van der Waals surface area contributed by atoms with Gasteiger partial charge in [0.25, 0.3) is 0 Å². The maximum atomic E-state index is 12.8. The van der Waals surface area contributed by atoms with Gasteiger partial charge in [0, 0.05) is 12.0 Å². The topological polar surface area (TPSA) is 37.3 Å². The van der Waals surface area contributed by atoms with Crippen LogP contribution in [0.4, 0.5) is 8.78 Å². The molecule has 0 spiro atoms. The molecule has 0 aliphatic heterocycles. The van der Waals surface area contributed by atoms with Crippen molar-refractivity contribution >= 4 is 5.97 Å². The fourth-order valence-corrected chi connectivity index (χ4v) is 1.05. The predicted molar refractivity (Wildman–Crippen MR) is 50.7 cm³/mol. The Labute approximate surface area is 85.5 Å². The zero-order chi connectivity index (χ0) is 11.5. The van der Waals surface area contributed by atoms with Gasteiger partial charge in [-0.15, -0.1) is 6.42 Å². The van der Waals surface area contributed by atoms with Crippen LogP contribution in [0.1, 0.15) is 11.1 Å². The molecule has 4 heteroatoms. The lowest BCUT2D eigenvalue weighted by molar-refractivity contribution is -0.164. The Bertz CT molecular complexity index is 402. The summed E-state index contributed by atoms with van der Waals surface area (Å²) >= 11 is 0. The van der Waals surface area contributed by atoms with E-state index in [1.54, 1.807) is 0 Å². The molecule has 1 aromatic rings. The van der Waals surface area contributed by atoms with Crippen LogP contribution < -0.4 is 0 Å². The summed E-state index contributed by atoms with van der Waals surface area (Å²) in [6.45, 7) is 0. The normalized spacial score (nSPS) is 10.7. The number of carbonyl (C=O) groups is 1. The van der Waals surface area contributed by atoms with E-state index in [2.05, 4.69) is 5.92 Å². The van der Waals surface area contributed by atoms with E-state index in [-0.39, 0.29) is 5.56 Å². The van der Waals surface area contributed by atoms with Crippen molar-refractivity contribution in [1.82, 2.24) is 0 Å². The zero-order valence-electron chi connectivity index (χ0n) is 7.71. The first-order valence-corrected chi connectivity index (χ1v) is 4.12. The molecule has 0 radical (unpaired) electrons. The van der Waals surface area contributed by atoms with Crippen LogP contribution in [0.5, 0.6) is 0 Å². The first-order chi connectivity index (χ1) is 6.95. The van der Waals surface area contributed by atoms with Crippen LogP contribution in [0, 0.1) is 12.3 Å². The lowest BCUT2D eigenvalue weighted by atomic mass is 10.1. The van der Waals surface area contributed by atoms with Crippen LogP contribution in [-0.2, 0) is 11.2 Å². The van der Waals surface area contributed by atoms with E-state index in [1.807, 2.05) is 0 Å². The summed E-state index contributed by atoms with van der Waals surface area (Å²) in [6.07, 6.45) is 4.26. The number of terminal acetylenes is 1. The second kappa shape index (κ2) is 4.09. The number of benzene rings is 1.